The minimum atomic E-state index is -0.120. The SMILES string of the molecule is CCOc1cncc(C(NN)C(C)(C)N(CC)CC)c1. The van der Waals surface area contributed by atoms with Gasteiger partial charge in [-0.15, -0.1) is 0 Å². The number of nitrogens with zero attached hydrogens (tertiary/aromatic N) is 2. The van der Waals surface area contributed by atoms with Crippen LogP contribution in [-0.2, 0) is 0 Å². The van der Waals surface area contributed by atoms with Gasteiger partial charge in [-0.2, -0.15) is 0 Å². The second-order valence-electron chi connectivity index (χ2n) is 5.31. The first-order valence-corrected chi connectivity index (χ1v) is 7.30. The molecule has 5 heteroatoms. The zero-order chi connectivity index (χ0) is 15.2. The fourth-order valence-electron chi connectivity index (χ4n) is 2.77. The van der Waals surface area contributed by atoms with Crippen LogP contribution in [-0.4, -0.2) is 35.1 Å². The van der Waals surface area contributed by atoms with E-state index in [-0.39, 0.29) is 11.6 Å². The number of aromatic nitrogens is 1. The number of hydrazine groups is 1. The molecular weight excluding hydrogens is 252 g/mol. The van der Waals surface area contributed by atoms with Gasteiger partial charge in [-0.05, 0) is 45.5 Å². The molecule has 1 rings (SSSR count). The van der Waals surface area contributed by atoms with E-state index in [0.717, 1.165) is 24.4 Å². The topological polar surface area (TPSA) is 63.4 Å². The first-order valence-electron chi connectivity index (χ1n) is 7.30. The van der Waals surface area contributed by atoms with E-state index in [0.29, 0.717) is 6.61 Å². The van der Waals surface area contributed by atoms with Crippen molar-refractivity contribution in [2.75, 3.05) is 19.7 Å². The molecule has 0 aromatic carbocycles. The molecule has 0 aliphatic carbocycles. The lowest BCUT2D eigenvalue weighted by atomic mass is 9.88. The quantitative estimate of drug-likeness (QED) is 0.564. The molecular formula is C15H28N4O. The van der Waals surface area contributed by atoms with Crippen LogP contribution in [0.1, 0.15) is 46.2 Å². The van der Waals surface area contributed by atoms with Gasteiger partial charge in [0, 0.05) is 11.7 Å². The molecule has 5 nitrogen and oxygen atoms in total. The normalized spacial score (nSPS) is 13.6. The number of likely N-dealkylation sites (N-methyl/N-ethyl adjacent to an activating group) is 1. The molecule has 0 radical (unpaired) electrons. The maximum absolute atomic E-state index is 5.82. The Balaban J connectivity index is 3.08. The van der Waals surface area contributed by atoms with Crippen molar-refractivity contribution >= 4 is 0 Å². The fraction of sp³-hybridized carbons (Fsp3) is 0.667. The molecule has 114 valence electrons. The summed E-state index contributed by atoms with van der Waals surface area (Å²) in [4.78, 5) is 6.64. The van der Waals surface area contributed by atoms with Crippen molar-refractivity contribution in [3.05, 3.63) is 24.0 Å². The molecule has 0 amide bonds. The first kappa shape index (κ1) is 16.9. The van der Waals surface area contributed by atoms with Crippen molar-refractivity contribution in [2.45, 2.75) is 46.2 Å². The number of hydrogen-bond donors (Lipinski definition) is 2. The number of hydrogen-bond acceptors (Lipinski definition) is 5. The highest BCUT2D eigenvalue weighted by Gasteiger charge is 2.34. The van der Waals surface area contributed by atoms with Gasteiger partial charge in [-0.25, -0.2) is 0 Å². The van der Waals surface area contributed by atoms with E-state index in [1.54, 1.807) is 6.20 Å². The average Bonchev–Trinajstić information content (AvgIpc) is 2.41. The van der Waals surface area contributed by atoms with Crippen molar-refractivity contribution < 1.29 is 4.74 Å². The van der Waals surface area contributed by atoms with Gasteiger partial charge in [0.15, 0.2) is 0 Å². The monoisotopic (exact) mass is 280 g/mol. The predicted molar refractivity (Wildman–Crippen MR) is 82.5 cm³/mol. The van der Waals surface area contributed by atoms with Crippen LogP contribution < -0.4 is 16.0 Å². The summed E-state index contributed by atoms with van der Waals surface area (Å²) < 4.78 is 5.52. The van der Waals surface area contributed by atoms with Gasteiger partial charge in [0.1, 0.15) is 5.75 Å². The van der Waals surface area contributed by atoms with Crippen LogP contribution in [0.4, 0.5) is 0 Å². The number of pyridine rings is 1. The molecule has 0 bridgehead atoms. The molecule has 0 aliphatic rings. The van der Waals surface area contributed by atoms with Gasteiger partial charge in [0.2, 0.25) is 0 Å². The van der Waals surface area contributed by atoms with Crippen molar-refractivity contribution in [3.63, 3.8) is 0 Å². The molecule has 0 saturated carbocycles. The third kappa shape index (κ3) is 3.69. The molecule has 20 heavy (non-hydrogen) atoms. The van der Waals surface area contributed by atoms with Crippen LogP contribution in [0.3, 0.4) is 0 Å². The number of ether oxygens (including phenoxy) is 1. The van der Waals surface area contributed by atoms with Crippen LogP contribution in [0.25, 0.3) is 0 Å². The summed E-state index contributed by atoms with van der Waals surface area (Å²) in [5.41, 5.74) is 3.86. The summed E-state index contributed by atoms with van der Waals surface area (Å²) in [6.07, 6.45) is 3.57. The second kappa shape index (κ2) is 7.57. The average molecular weight is 280 g/mol. The smallest absolute Gasteiger partial charge is 0.137 e. The van der Waals surface area contributed by atoms with Gasteiger partial charge in [0.05, 0.1) is 18.8 Å². The zero-order valence-corrected chi connectivity index (χ0v) is 13.3. The Kier molecular flexibility index (Phi) is 6.39. The Labute approximate surface area is 122 Å². The predicted octanol–water partition coefficient (Wildman–Crippen LogP) is 2.11. The number of nitrogens with two attached hydrogens (primary N) is 1. The highest BCUT2D eigenvalue weighted by molar-refractivity contribution is 5.28. The Bertz CT molecular complexity index is 405. The fourth-order valence-corrected chi connectivity index (χ4v) is 2.77. The van der Waals surface area contributed by atoms with E-state index in [2.05, 4.69) is 43.0 Å². The van der Waals surface area contributed by atoms with E-state index in [1.807, 2.05) is 19.2 Å². The zero-order valence-electron chi connectivity index (χ0n) is 13.3. The van der Waals surface area contributed by atoms with Crippen molar-refractivity contribution in [1.82, 2.24) is 15.3 Å². The Morgan fingerprint density at radius 3 is 2.45 bits per heavy atom. The third-order valence-electron chi connectivity index (χ3n) is 3.83. The molecule has 0 saturated heterocycles. The maximum Gasteiger partial charge on any atom is 0.137 e. The van der Waals surface area contributed by atoms with Crippen LogP contribution in [0.2, 0.25) is 0 Å². The van der Waals surface area contributed by atoms with Crippen LogP contribution in [0.15, 0.2) is 18.5 Å². The molecule has 3 N–H and O–H groups in total. The lowest BCUT2D eigenvalue weighted by Crippen LogP contribution is -2.54. The molecule has 1 aromatic rings. The first-order chi connectivity index (χ1) is 9.51. The van der Waals surface area contributed by atoms with E-state index in [1.165, 1.54) is 0 Å². The summed E-state index contributed by atoms with van der Waals surface area (Å²) >= 11 is 0. The third-order valence-corrected chi connectivity index (χ3v) is 3.83. The highest BCUT2D eigenvalue weighted by atomic mass is 16.5. The molecule has 0 fully saturated rings. The van der Waals surface area contributed by atoms with Gasteiger partial charge in [-0.3, -0.25) is 21.2 Å². The summed E-state index contributed by atoms with van der Waals surface area (Å²) in [6, 6.07) is 1.99. The lowest BCUT2D eigenvalue weighted by Gasteiger charge is -2.43. The summed E-state index contributed by atoms with van der Waals surface area (Å²) in [7, 11) is 0. The minimum absolute atomic E-state index is 0.0182. The molecule has 0 spiro atoms. The molecule has 1 atom stereocenters. The second-order valence-corrected chi connectivity index (χ2v) is 5.31. The van der Waals surface area contributed by atoms with Gasteiger partial charge in [0.25, 0.3) is 0 Å². The van der Waals surface area contributed by atoms with Crippen molar-refractivity contribution in [3.8, 4) is 5.75 Å². The molecule has 0 aliphatic heterocycles. The van der Waals surface area contributed by atoms with Crippen molar-refractivity contribution in [1.29, 1.82) is 0 Å². The Hall–Kier alpha value is -1.17. The van der Waals surface area contributed by atoms with E-state index < -0.39 is 0 Å². The molecule has 1 heterocycles. The lowest BCUT2D eigenvalue weighted by molar-refractivity contribution is 0.0910. The van der Waals surface area contributed by atoms with Gasteiger partial charge < -0.3 is 4.74 Å². The van der Waals surface area contributed by atoms with Crippen LogP contribution >= 0.6 is 0 Å². The Morgan fingerprint density at radius 2 is 1.95 bits per heavy atom. The molecule has 1 unspecified atom stereocenters. The number of nitrogens with one attached hydrogen (secondary N) is 1. The largest absolute Gasteiger partial charge is 0.492 e. The summed E-state index contributed by atoms with van der Waals surface area (Å²) in [6.45, 7) is 13.2. The van der Waals surface area contributed by atoms with Gasteiger partial charge in [-0.1, -0.05) is 13.8 Å². The van der Waals surface area contributed by atoms with E-state index >= 15 is 0 Å². The van der Waals surface area contributed by atoms with E-state index in [4.69, 9.17) is 10.6 Å². The minimum Gasteiger partial charge on any atom is -0.492 e. The van der Waals surface area contributed by atoms with Gasteiger partial charge >= 0.3 is 0 Å². The standard InChI is InChI=1S/C15H28N4O/c1-6-19(7-2)15(4,5)14(18-16)12-9-13(20-8-3)11-17-10-12/h9-11,14,18H,6-8,16H2,1-5H3. The maximum atomic E-state index is 5.82. The van der Waals surface area contributed by atoms with Crippen LogP contribution in [0.5, 0.6) is 5.75 Å². The van der Waals surface area contributed by atoms with E-state index in [9.17, 15) is 0 Å². The number of rotatable bonds is 8. The highest BCUT2D eigenvalue weighted by Crippen LogP contribution is 2.31. The summed E-state index contributed by atoms with van der Waals surface area (Å²) in [5, 5.41) is 0. The Morgan fingerprint density at radius 1 is 1.30 bits per heavy atom. The molecule has 1 aromatic heterocycles. The van der Waals surface area contributed by atoms with Crippen molar-refractivity contribution in [2.24, 2.45) is 5.84 Å². The van der Waals surface area contributed by atoms with Crippen LogP contribution in [0, 0.1) is 0 Å². The summed E-state index contributed by atoms with van der Waals surface area (Å²) in [5.74, 6) is 6.60.